The number of aliphatic hydroxyl groups is 1. The molecule has 1 aromatic carbocycles. The fraction of sp³-hybridized carbons (Fsp3) is 0.440. The quantitative estimate of drug-likeness (QED) is 0.597. The summed E-state index contributed by atoms with van der Waals surface area (Å²) in [5.41, 5.74) is 1.09. The van der Waals surface area contributed by atoms with Crippen LogP contribution in [0, 0.1) is 11.8 Å². The molecule has 7 nitrogen and oxygen atoms in total. The van der Waals surface area contributed by atoms with Crippen molar-refractivity contribution < 1.29 is 14.6 Å². The Bertz CT molecular complexity index is 1290. The van der Waals surface area contributed by atoms with E-state index in [0.29, 0.717) is 44.4 Å². The Kier molecular flexibility index (Phi) is 5.87. The third-order valence-corrected chi connectivity index (χ3v) is 7.64. The van der Waals surface area contributed by atoms with E-state index in [2.05, 4.69) is 28.8 Å². The van der Waals surface area contributed by atoms with Crippen molar-refractivity contribution in [3.8, 4) is 29.0 Å². The van der Waals surface area contributed by atoms with Crippen LogP contribution in [0.15, 0.2) is 35.4 Å². The van der Waals surface area contributed by atoms with Crippen molar-refractivity contribution in [3.05, 3.63) is 45.8 Å². The van der Waals surface area contributed by atoms with Gasteiger partial charge in [0.2, 0.25) is 0 Å². The molecule has 172 valence electrons. The molecule has 8 heteroatoms. The molecule has 2 fully saturated rings. The minimum absolute atomic E-state index is 0.169. The predicted molar refractivity (Wildman–Crippen MR) is 129 cm³/mol. The second kappa shape index (κ2) is 8.82. The minimum atomic E-state index is -0.724. The fourth-order valence-corrected chi connectivity index (χ4v) is 5.78. The molecule has 5 rings (SSSR count). The summed E-state index contributed by atoms with van der Waals surface area (Å²) in [5.74, 6) is 6.89. The van der Waals surface area contributed by atoms with E-state index < -0.39 is 6.10 Å². The van der Waals surface area contributed by atoms with Crippen LogP contribution in [0.2, 0.25) is 0 Å². The molecule has 0 amide bonds. The molecule has 2 bridgehead atoms. The van der Waals surface area contributed by atoms with Crippen molar-refractivity contribution in [2.45, 2.75) is 56.9 Å². The summed E-state index contributed by atoms with van der Waals surface area (Å²) in [6.45, 7) is 1.60. The molecule has 33 heavy (non-hydrogen) atoms. The second-order valence-electron chi connectivity index (χ2n) is 8.79. The first-order valence-electron chi connectivity index (χ1n) is 11.2. The molecule has 0 aliphatic carbocycles. The lowest BCUT2D eigenvalue weighted by Gasteiger charge is -2.36. The van der Waals surface area contributed by atoms with Crippen LogP contribution in [-0.2, 0) is 0 Å². The number of aliphatic hydroxyl groups excluding tert-OH is 1. The molecule has 0 saturated carbocycles. The summed E-state index contributed by atoms with van der Waals surface area (Å²) < 4.78 is 14.0. The normalized spacial score (nSPS) is 23.2. The summed E-state index contributed by atoms with van der Waals surface area (Å²) >= 11 is 1.28. The Balaban J connectivity index is 1.42. The van der Waals surface area contributed by atoms with Gasteiger partial charge in [-0.15, -0.1) is 11.3 Å². The zero-order valence-corrected chi connectivity index (χ0v) is 19.8. The van der Waals surface area contributed by atoms with E-state index >= 15 is 0 Å². The molecule has 0 radical (unpaired) electrons. The number of piperidine rings is 1. The molecular weight excluding hydrogens is 438 g/mol. The minimum Gasteiger partial charge on any atom is -0.493 e. The van der Waals surface area contributed by atoms with Crippen LogP contribution in [0.25, 0.3) is 15.9 Å². The van der Waals surface area contributed by atoms with E-state index in [4.69, 9.17) is 9.47 Å². The van der Waals surface area contributed by atoms with Gasteiger partial charge in [0, 0.05) is 18.2 Å². The standard InChI is InChI=1S/C25H27N3O4S/c1-15(29)4-8-20-13-21-24(33-20)25(30)28(14-26-21)18-7-9-22(23(12-18)31-3)32-19-10-16-5-6-17(11-19)27(16)2/h7,9,12-17,19,29H,5-6,10-11H2,1-3H3/t15?,16-,17+,19+. The Hall–Kier alpha value is -2.86. The predicted octanol–water partition coefficient (Wildman–Crippen LogP) is 3.19. The van der Waals surface area contributed by atoms with Gasteiger partial charge in [-0.05, 0) is 57.9 Å². The molecule has 4 heterocycles. The topological polar surface area (TPSA) is 76.8 Å². The molecule has 3 aromatic rings. The van der Waals surface area contributed by atoms with Gasteiger partial charge in [0.15, 0.2) is 11.5 Å². The summed E-state index contributed by atoms with van der Waals surface area (Å²) in [6, 6.07) is 8.51. The summed E-state index contributed by atoms with van der Waals surface area (Å²) in [6.07, 6.45) is 5.50. The monoisotopic (exact) mass is 465 g/mol. The first-order valence-corrected chi connectivity index (χ1v) is 12.0. The van der Waals surface area contributed by atoms with Crippen LogP contribution >= 0.6 is 11.3 Å². The van der Waals surface area contributed by atoms with Crippen molar-refractivity contribution in [1.29, 1.82) is 0 Å². The number of benzene rings is 1. The number of ether oxygens (including phenoxy) is 2. The molecule has 2 saturated heterocycles. The molecule has 2 aromatic heterocycles. The van der Waals surface area contributed by atoms with E-state index in [0.717, 1.165) is 12.8 Å². The first kappa shape index (κ1) is 22.0. The third-order valence-electron chi connectivity index (χ3n) is 6.62. The van der Waals surface area contributed by atoms with Crippen LogP contribution in [0.4, 0.5) is 0 Å². The van der Waals surface area contributed by atoms with Gasteiger partial charge in [-0.25, -0.2) is 4.98 Å². The van der Waals surface area contributed by atoms with Gasteiger partial charge in [0.1, 0.15) is 23.2 Å². The smallest absolute Gasteiger partial charge is 0.275 e. The number of fused-ring (bicyclic) bond motifs is 3. The Morgan fingerprint density at radius 2 is 1.97 bits per heavy atom. The zero-order chi connectivity index (χ0) is 23.1. The Labute approximate surface area is 196 Å². The average Bonchev–Trinajstić information content (AvgIpc) is 3.29. The van der Waals surface area contributed by atoms with Crippen LogP contribution in [0.1, 0.15) is 37.5 Å². The molecular formula is C25H27N3O4S. The van der Waals surface area contributed by atoms with Crippen LogP contribution < -0.4 is 15.0 Å². The number of hydrogen-bond donors (Lipinski definition) is 1. The Morgan fingerprint density at radius 1 is 1.21 bits per heavy atom. The molecule has 0 spiro atoms. The zero-order valence-electron chi connectivity index (χ0n) is 18.9. The number of aromatic nitrogens is 2. The lowest BCUT2D eigenvalue weighted by Crippen LogP contribution is -2.43. The van der Waals surface area contributed by atoms with E-state index in [1.165, 1.54) is 35.1 Å². The lowest BCUT2D eigenvalue weighted by molar-refractivity contribution is 0.0643. The molecule has 2 aliphatic rings. The SMILES string of the molecule is COc1cc(-n2cnc3cc(C#CC(C)O)sc3c2=O)ccc1O[C@H]1C[C@H]2CC[C@@H](C1)N2C. The van der Waals surface area contributed by atoms with E-state index in [1.807, 2.05) is 18.2 Å². The highest BCUT2D eigenvalue weighted by Crippen LogP contribution is 2.38. The van der Waals surface area contributed by atoms with Gasteiger partial charge in [-0.3, -0.25) is 9.36 Å². The number of methoxy groups -OCH3 is 1. The van der Waals surface area contributed by atoms with Crippen molar-refractivity contribution >= 4 is 21.6 Å². The Morgan fingerprint density at radius 3 is 2.67 bits per heavy atom. The number of hydrogen-bond acceptors (Lipinski definition) is 7. The van der Waals surface area contributed by atoms with E-state index in [-0.39, 0.29) is 11.7 Å². The third kappa shape index (κ3) is 4.24. The van der Waals surface area contributed by atoms with Crippen LogP contribution in [0.3, 0.4) is 0 Å². The van der Waals surface area contributed by atoms with Gasteiger partial charge < -0.3 is 19.5 Å². The molecule has 1 unspecified atom stereocenters. The van der Waals surface area contributed by atoms with Gasteiger partial charge in [0.25, 0.3) is 5.56 Å². The van der Waals surface area contributed by atoms with Crippen molar-refractivity contribution in [2.75, 3.05) is 14.2 Å². The van der Waals surface area contributed by atoms with Crippen LogP contribution in [0.5, 0.6) is 11.5 Å². The number of thiophene rings is 1. The van der Waals surface area contributed by atoms with E-state index in [9.17, 15) is 9.90 Å². The number of nitrogens with zero attached hydrogens (tertiary/aromatic N) is 3. The first-order chi connectivity index (χ1) is 15.9. The van der Waals surface area contributed by atoms with Gasteiger partial charge in [-0.1, -0.05) is 11.8 Å². The van der Waals surface area contributed by atoms with Gasteiger partial charge >= 0.3 is 0 Å². The number of rotatable bonds is 4. The maximum atomic E-state index is 13.2. The van der Waals surface area contributed by atoms with Crippen LogP contribution in [-0.4, -0.2) is 58.0 Å². The largest absolute Gasteiger partial charge is 0.493 e. The van der Waals surface area contributed by atoms with Crippen molar-refractivity contribution in [2.24, 2.45) is 0 Å². The highest BCUT2D eigenvalue weighted by atomic mass is 32.1. The van der Waals surface area contributed by atoms with Gasteiger partial charge in [0.05, 0.1) is 23.2 Å². The maximum absolute atomic E-state index is 13.2. The van der Waals surface area contributed by atoms with E-state index in [1.54, 1.807) is 20.1 Å². The summed E-state index contributed by atoms with van der Waals surface area (Å²) in [4.78, 5) is 20.8. The highest BCUT2D eigenvalue weighted by molar-refractivity contribution is 7.19. The van der Waals surface area contributed by atoms with Gasteiger partial charge in [-0.2, -0.15) is 0 Å². The maximum Gasteiger partial charge on any atom is 0.275 e. The molecule has 1 N–H and O–H groups in total. The average molecular weight is 466 g/mol. The van der Waals surface area contributed by atoms with Crippen molar-refractivity contribution in [3.63, 3.8) is 0 Å². The lowest BCUT2D eigenvalue weighted by atomic mass is 10.0. The molecule has 2 aliphatic heterocycles. The fourth-order valence-electron chi connectivity index (χ4n) is 4.87. The summed E-state index contributed by atoms with van der Waals surface area (Å²) in [7, 11) is 3.83. The highest BCUT2D eigenvalue weighted by Gasteiger charge is 2.39. The summed E-state index contributed by atoms with van der Waals surface area (Å²) in [5, 5.41) is 9.38. The second-order valence-corrected chi connectivity index (χ2v) is 9.84. The molecule has 4 atom stereocenters. The van der Waals surface area contributed by atoms with Crippen molar-refractivity contribution in [1.82, 2.24) is 14.5 Å².